The molecule has 1 unspecified atom stereocenters. The number of carbonyl (C=O) groups is 2. The number of halogens is 3. The lowest BCUT2D eigenvalue weighted by atomic mass is 10.1. The largest absolute Gasteiger partial charge is 1.00 e. The highest BCUT2D eigenvalue weighted by atomic mass is 127. The van der Waals surface area contributed by atoms with Crippen molar-refractivity contribution in [3.63, 3.8) is 0 Å². The van der Waals surface area contributed by atoms with Crippen LogP contribution < -0.4 is 53.1 Å². The number of benzene rings is 4. The fourth-order valence-electron chi connectivity index (χ4n) is 5.64. The molecule has 1 atom stereocenters. The van der Waals surface area contributed by atoms with E-state index in [0.717, 1.165) is 34.4 Å². The van der Waals surface area contributed by atoms with Crippen molar-refractivity contribution in [3.05, 3.63) is 105 Å². The zero-order valence-corrected chi connectivity index (χ0v) is 36.8. The van der Waals surface area contributed by atoms with Gasteiger partial charge >= 0.3 is 0 Å². The first-order valence-electron chi connectivity index (χ1n) is 18.1. The van der Waals surface area contributed by atoms with Gasteiger partial charge in [0, 0.05) is 34.4 Å². The smallest absolute Gasteiger partial charge is 0.268 e. The highest BCUT2D eigenvalue weighted by molar-refractivity contribution is 6.31. The lowest BCUT2D eigenvalue weighted by Crippen LogP contribution is -3.00. The van der Waals surface area contributed by atoms with Gasteiger partial charge in [-0.2, -0.15) is 0 Å². The second kappa shape index (κ2) is 22.3. The molecule has 4 aromatic carbocycles. The summed E-state index contributed by atoms with van der Waals surface area (Å²) in [5, 5.41) is 4.24. The zero-order valence-electron chi connectivity index (χ0n) is 33.2. The molecule has 5 rings (SSSR count). The average molecular weight is 924 g/mol. The number of hydrogen-bond donors (Lipinski definition) is 1. The summed E-state index contributed by atoms with van der Waals surface area (Å²) in [5.41, 5.74) is 4.11. The Morgan fingerprint density at radius 1 is 0.857 bits per heavy atom. The van der Waals surface area contributed by atoms with E-state index in [0.29, 0.717) is 76.1 Å². The molecule has 0 spiro atoms. The Kier molecular flexibility index (Phi) is 19.2. The first-order chi connectivity index (χ1) is 25.6. The summed E-state index contributed by atoms with van der Waals surface area (Å²) in [6.45, 7) is 10.7. The third-order valence-corrected chi connectivity index (χ3v) is 9.31. The van der Waals surface area contributed by atoms with Crippen molar-refractivity contribution in [1.29, 1.82) is 0 Å². The molecule has 1 aliphatic heterocycles. The van der Waals surface area contributed by atoms with E-state index < -0.39 is 6.23 Å². The van der Waals surface area contributed by atoms with Crippen molar-refractivity contribution in [2.45, 2.75) is 47.8 Å². The highest BCUT2D eigenvalue weighted by Gasteiger charge is 2.37. The number of amides is 2. The van der Waals surface area contributed by atoms with Gasteiger partial charge in [-0.25, -0.2) is 0 Å². The van der Waals surface area contributed by atoms with Gasteiger partial charge in [0.25, 0.3) is 11.8 Å². The molecule has 0 bridgehead atoms. The Labute approximate surface area is 360 Å². The summed E-state index contributed by atoms with van der Waals surface area (Å²) in [4.78, 5) is 30.2. The molecule has 0 saturated carbocycles. The second-order valence-electron chi connectivity index (χ2n) is 14.2. The van der Waals surface area contributed by atoms with E-state index in [9.17, 15) is 9.59 Å². The molecular formula is C43H57Cl2IN4O6. The number of rotatable bonds is 14. The number of ether oxygens (including phenoxy) is 4. The van der Waals surface area contributed by atoms with Crippen molar-refractivity contribution in [3.8, 4) is 23.0 Å². The predicted molar refractivity (Wildman–Crippen MR) is 225 cm³/mol. The Morgan fingerprint density at radius 2 is 1.43 bits per heavy atom. The van der Waals surface area contributed by atoms with Crippen LogP contribution in [0.4, 0.5) is 11.4 Å². The van der Waals surface area contributed by atoms with E-state index in [-0.39, 0.29) is 43.2 Å². The molecule has 4 aromatic rings. The molecular weight excluding hydrogens is 866 g/mol. The van der Waals surface area contributed by atoms with E-state index in [4.69, 9.17) is 42.1 Å². The summed E-state index contributed by atoms with van der Waals surface area (Å²) in [6.07, 6.45) is 0.281. The van der Waals surface area contributed by atoms with E-state index >= 15 is 0 Å². The maximum Gasteiger partial charge on any atom is 0.268 e. The summed E-state index contributed by atoms with van der Waals surface area (Å²) >= 11 is 12.2. The molecule has 1 heterocycles. The van der Waals surface area contributed by atoms with E-state index in [1.807, 2.05) is 84.3 Å². The SMILES string of the molecule is C.CCOc1cccc(OCC[N+](C)(C)C)c1C(=O)Nc1ccc(Cl)c(C)c1.CCOc1cccc2c1C(=O)N(c1ccc(Cl)c(C)c1)C(CCN(C)C)O2.[I-]. The van der Waals surface area contributed by atoms with Crippen LogP contribution >= 0.6 is 23.2 Å². The van der Waals surface area contributed by atoms with Crippen LogP contribution in [0.25, 0.3) is 0 Å². The average Bonchev–Trinajstić information content (AvgIpc) is 3.10. The fourth-order valence-corrected chi connectivity index (χ4v) is 5.88. The number of hydrogen-bond acceptors (Lipinski definition) is 7. The summed E-state index contributed by atoms with van der Waals surface area (Å²) in [6, 6.07) is 21.8. The Bertz CT molecular complexity index is 1920. The fraction of sp³-hybridized carbons (Fsp3) is 0.395. The molecule has 1 aliphatic rings. The van der Waals surface area contributed by atoms with E-state index in [1.54, 1.807) is 35.2 Å². The number of likely N-dealkylation sites (N-methyl/N-ethyl adjacent to an activating group) is 1. The molecule has 2 amide bonds. The molecule has 10 nitrogen and oxygen atoms in total. The van der Waals surface area contributed by atoms with Crippen LogP contribution in [0.2, 0.25) is 10.0 Å². The summed E-state index contributed by atoms with van der Waals surface area (Å²) < 4.78 is 24.3. The molecule has 13 heteroatoms. The lowest BCUT2D eigenvalue weighted by Gasteiger charge is -2.38. The monoisotopic (exact) mass is 922 g/mol. The normalized spacial score (nSPS) is 13.2. The number of fused-ring (bicyclic) bond motifs is 1. The van der Waals surface area contributed by atoms with Gasteiger partial charge in [-0.15, -0.1) is 0 Å². The molecule has 0 fully saturated rings. The molecule has 306 valence electrons. The van der Waals surface area contributed by atoms with Crippen molar-refractivity contribution in [2.24, 2.45) is 0 Å². The predicted octanol–water partition coefficient (Wildman–Crippen LogP) is 6.39. The number of nitrogens with one attached hydrogen (secondary N) is 1. The van der Waals surface area contributed by atoms with Gasteiger partial charge < -0.3 is 57.6 Å². The maximum absolute atomic E-state index is 13.5. The van der Waals surface area contributed by atoms with Gasteiger partial charge in [0.2, 0.25) is 0 Å². The van der Waals surface area contributed by atoms with E-state index in [2.05, 4.69) is 31.4 Å². The van der Waals surface area contributed by atoms with Gasteiger partial charge in [0.05, 0.1) is 34.4 Å². The molecule has 0 saturated heterocycles. The van der Waals surface area contributed by atoms with Gasteiger partial charge in [0.1, 0.15) is 47.3 Å². The molecule has 56 heavy (non-hydrogen) atoms. The topological polar surface area (TPSA) is 89.6 Å². The van der Waals surface area contributed by atoms with Gasteiger partial charge in [-0.1, -0.05) is 42.8 Å². The lowest BCUT2D eigenvalue weighted by molar-refractivity contribution is -0.870. The number of quaternary nitrogens is 1. The van der Waals surface area contributed by atoms with Crippen LogP contribution in [-0.2, 0) is 0 Å². The minimum Gasteiger partial charge on any atom is -1.00 e. The van der Waals surface area contributed by atoms with Crippen LogP contribution in [0.1, 0.15) is 59.5 Å². The Balaban J connectivity index is 0.000000373. The Morgan fingerprint density at radius 3 is 2.02 bits per heavy atom. The van der Waals surface area contributed by atoms with Crippen molar-refractivity contribution in [1.82, 2.24) is 4.90 Å². The van der Waals surface area contributed by atoms with Gasteiger partial charge in [0.15, 0.2) is 6.23 Å². The maximum atomic E-state index is 13.5. The summed E-state index contributed by atoms with van der Waals surface area (Å²) in [7, 11) is 10.3. The molecule has 0 radical (unpaired) electrons. The first-order valence-corrected chi connectivity index (χ1v) is 18.8. The molecule has 1 N–H and O–H groups in total. The zero-order chi connectivity index (χ0) is 39.6. The minimum atomic E-state index is -0.398. The second-order valence-corrected chi connectivity index (χ2v) is 15.0. The van der Waals surface area contributed by atoms with Crippen LogP contribution in [0.5, 0.6) is 23.0 Å². The number of nitrogens with zero attached hydrogens (tertiary/aromatic N) is 3. The number of carbonyl (C=O) groups excluding carboxylic acids is 2. The van der Waals surface area contributed by atoms with Crippen LogP contribution in [-0.4, -0.2) is 95.6 Å². The Hall–Kier alpha value is -3.75. The number of anilines is 2. The quantitative estimate of drug-likeness (QED) is 0.116. The first kappa shape index (κ1) is 48.4. The number of aryl methyl sites for hydroxylation is 2. The van der Waals surface area contributed by atoms with E-state index in [1.165, 1.54) is 0 Å². The molecule has 0 aliphatic carbocycles. The van der Waals surface area contributed by atoms with Crippen molar-refractivity contribution in [2.75, 3.05) is 78.4 Å². The third kappa shape index (κ3) is 13.2. The van der Waals surface area contributed by atoms with Crippen LogP contribution in [0, 0.1) is 13.8 Å². The van der Waals surface area contributed by atoms with Gasteiger partial charge in [-0.05, 0) is 114 Å². The summed E-state index contributed by atoms with van der Waals surface area (Å²) in [5.74, 6) is 1.73. The van der Waals surface area contributed by atoms with Crippen molar-refractivity contribution < 1.29 is 57.0 Å². The molecule has 0 aromatic heterocycles. The third-order valence-electron chi connectivity index (χ3n) is 8.46. The minimum absolute atomic E-state index is 0. The van der Waals surface area contributed by atoms with Crippen LogP contribution in [0.15, 0.2) is 72.8 Å². The van der Waals surface area contributed by atoms with Gasteiger partial charge in [-0.3, -0.25) is 14.5 Å². The van der Waals surface area contributed by atoms with Crippen LogP contribution in [0.3, 0.4) is 0 Å². The standard InChI is InChI=1S/C21H25ClN2O3.C21H27ClN2O3.CH4.HI/c1-5-26-17-7-6-8-18-20(17)21(25)24(19(27-18)11-12-23(3)4)15-9-10-16(22)14(2)13-15;1-6-26-18-8-7-9-19(27-13-12-24(3,4)5)20(18)21(25)23-16-10-11-17(22)15(2)14-16;;/h6-10,13,19H,5,11-12H2,1-4H3;7-11,14H,6,12-13H2,1-5H3;1H4;1H. The highest BCUT2D eigenvalue weighted by Crippen LogP contribution is 2.38. The van der Waals surface area contributed by atoms with Crippen molar-refractivity contribution >= 4 is 46.4 Å².